The predicted octanol–water partition coefficient (Wildman–Crippen LogP) is 16.9. The maximum Gasteiger partial charge on any atom is 0.149 e. The summed E-state index contributed by atoms with van der Waals surface area (Å²) in [6, 6.07) is 33.8. The van der Waals surface area contributed by atoms with Crippen LogP contribution >= 0.6 is 0 Å². The molecule has 0 unspecified atom stereocenters. The SMILES string of the molecule is [2H]c1nc(-c2cc(-c3ccccc3)cc(-c3cccc4c3nc(-c3cc(C)cc(C)c3OC)n4-c3cc(C(C)(C)C)ccc3-c3ccc(C(C)(C)C)cc3)c2)c([2H])c(-c2c([2H])c([2H])c(C(C([2H])([2H])[2H])(C([2H])([2H])[2H])C([2H])([2H])[2H])c([2H])c2[2H])c1[2H]. The molecular formula is C63H63N3O. The van der Waals surface area contributed by atoms with Crippen molar-refractivity contribution in [1.82, 2.24) is 14.5 Å². The van der Waals surface area contributed by atoms with Crippen LogP contribution < -0.4 is 4.74 Å². The van der Waals surface area contributed by atoms with Crippen LogP contribution in [0.4, 0.5) is 0 Å². The van der Waals surface area contributed by atoms with E-state index in [4.69, 9.17) is 27.5 Å². The number of aromatic nitrogens is 3. The molecule has 336 valence electrons. The predicted molar refractivity (Wildman–Crippen MR) is 284 cm³/mol. The fraction of sp³-hybridized carbons (Fsp3) is 0.238. The van der Waals surface area contributed by atoms with Gasteiger partial charge in [-0.3, -0.25) is 9.55 Å². The van der Waals surface area contributed by atoms with Gasteiger partial charge in [0.1, 0.15) is 11.6 Å². The van der Waals surface area contributed by atoms with E-state index in [9.17, 15) is 4.11 Å². The fourth-order valence-electron chi connectivity index (χ4n) is 8.65. The number of fused-ring (bicyclic) bond motifs is 1. The van der Waals surface area contributed by atoms with Gasteiger partial charge in [-0.2, -0.15) is 0 Å². The molecule has 0 spiro atoms. The van der Waals surface area contributed by atoms with Crippen LogP contribution in [0.5, 0.6) is 5.75 Å². The molecule has 0 aliphatic carbocycles. The number of imidazole rings is 1. The maximum atomic E-state index is 9.79. The highest BCUT2D eigenvalue weighted by atomic mass is 16.5. The summed E-state index contributed by atoms with van der Waals surface area (Å²) in [7, 11) is 1.64. The molecule has 7 aromatic carbocycles. The molecule has 67 heavy (non-hydrogen) atoms. The molecule has 9 aromatic rings. The van der Waals surface area contributed by atoms with Gasteiger partial charge in [-0.05, 0) is 140 Å². The Labute approximate surface area is 420 Å². The second kappa shape index (κ2) is 17.3. The highest BCUT2D eigenvalue weighted by molar-refractivity contribution is 5.98. The highest BCUT2D eigenvalue weighted by Crippen LogP contribution is 2.44. The summed E-state index contributed by atoms with van der Waals surface area (Å²) in [6.07, 6.45) is -0.727. The van der Waals surface area contributed by atoms with Gasteiger partial charge in [0.2, 0.25) is 0 Å². The van der Waals surface area contributed by atoms with Gasteiger partial charge in [0.05, 0.1) is 44.7 Å². The van der Waals surface area contributed by atoms with E-state index in [0.717, 1.165) is 50.1 Å². The number of hydrogen-bond acceptors (Lipinski definition) is 3. The number of pyridine rings is 1. The van der Waals surface area contributed by atoms with Crippen LogP contribution in [0.3, 0.4) is 0 Å². The smallest absolute Gasteiger partial charge is 0.149 e. The van der Waals surface area contributed by atoms with Crippen molar-refractivity contribution in [2.24, 2.45) is 0 Å². The molecule has 4 heteroatoms. The van der Waals surface area contributed by atoms with E-state index in [1.807, 2.05) is 68.4 Å². The Balaban J connectivity index is 1.36. The monoisotopic (exact) mass is 894 g/mol. The number of rotatable bonds is 8. The van der Waals surface area contributed by atoms with Crippen molar-refractivity contribution in [2.75, 3.05) is 7.11 Å². The van der Waals surface area contributed by atoms with E-state index in [0.29, 0.717) is 33.8 Å². The lowest BCUT2D eigenvalue weighted by molar-refractivity contribution is 0.413. The fourth-order valence-corrected chi connectivity index (χ4v) is 8.65. The van der Waals surface area contributed by atoms with Gasteiger partial charge >= 0.3 is 0 Å². The number of hydrogen-bond donors (Lipinski definition) is 0. The normalized spacial score (nSPS) is 16.2. The van der Waals surface area contributed by atoms with Gasteiger partial charge in [0.15, 0.2) is 0 Å². The number of para-hydroxylation sites is 1. The molecule has 0 N–H and O–H groups in total. The highest BCUT2D eigenvalue weighted by Gasteiger charge is 2.26. The Morgan fingerprint density at radius 3 is 1.91 bits per heavy atom. The van der Waals surface area contributed by atoms with E-state index in [1.165, 1.54) is 5.56 Å². The van der Waals surface area contributed by atoms with E-state index in [-0.39, 0.29) is 22.1 Å². The van der Waals surface area contributed by atoms with Crippen LogP contribution in [0.2, 0.25) is 0 Å². The minimum absolute atomic E-state index is 0.0803. The van der Waals surface area contributed by atoms with Crippen LogP contribution in [0.25, 0.3) is 83.9 Å². The summed E-state index contributed by atoms with van der Waals surface area (Å²) < 4.78 is 148. The zero-order chi connectivity index (χ0) is 61.0. The van der Waals surface area contributed by atoms with Crippen LogP contribution in [0, 0.1) is 13.8 Å². The summed E-state index contributed by atoms with van der Waals surface area (Å²) in [4.78, 5) is 10.1. The third-order valence-corrected chi connectivity index (χ3v) is 12.2. The lowest BCUT2D eigenvalue weighted by Gasteiger charge is -2.24. The molecule has 0 fully saturated rings. The zero-order valence-electron chi connectivity index (χ0n) is 55.3. The molecule has 0 radical (unpaired) electrons. The molecule has 4 nitrogen and oxygen atoms in total. The molecule has 0 amide bonds. The average Bonchev–Trinajstić information content (AvgIpc) is 2.74. The van der Waals surface area contributed by atoms with Crippen LogP contribution in [0.1, 0.15) is 112 Å². The van der Waals surface area contributed by atoms with E-state index in [1.54, 1.807) is 19.2 Å². The second-order valence-corrected chi connectivity index (χ2v) is 19.3. The van der Waals surface area contributed by atoms with Crippen LogP contribution in [-0.4, -0.2) is 21.6 Å². The molecule has 2 aromatic heterocycles. The first-order valence-corrected chi connectivity index (χ1v) is 22.3. The van der Waals surface area contributed by atoms with Gasteiger partial charge in [-0.15, -0.1) is 0 Å². The summed E-state index contributed by atoms with van der Waals surface area (Å²) in [5.41, 5.74) is 4.74. The Morgan fingerprint density at radius 1 is 0.537 bits per heavy atom. The second-order valence-electron chi connectivity index (χ2n) is 19.3. The first-order chi connectivity index (χ1) is 38.5. The van der Waals surface area contributed by atoms with Gasteiger partial charge in [-0.1, -0.05) is 171 Å². The summed E-state index contributed by atoms with van der Waals surface area (Å²) in [6.45, 7) is 5.31. The topological polar surface area (TPSA) is 39.9 Å². The third-order valence-electron chi connectivity index (χ3n) is 12.2. The number of nitrogens with zero attached hydrogens (tertiary/aromatic N) is 3. The van der Waals surface area contributed by atoms with E-state index in [2.05, 4.69) is 106 Å². The van der Waals surface area contributed by atoms with Crippen molar-refractivity contribution < 1.29 is 26.7 Å². The Hall–Kier alpha value is -7.04. The number of benzene rings is 7. The molecule has 0 aliphatic rings. The van der Waals surface area contributed by atoms with Crippen molar-refractivity contribution in [2.45, 2.75) is 92.2 Å². The molecule has 9 rings (SSSR count). The Kier molecular flexibility index (Phi) is 7.64. The lowest BCUT2D eigenvalue weighted by Crippen LogP contribution is -2.13. The van der Waals surface area contributed by atoms with Gasteiger partial charge in [-0.25, -0.2) is 4.98 Å². The first-order valence-electron chi connectivity index (χ1n) is 30.3. The van der Waals surface area contributed by atoms with E-state index >= 15 is 0 Å². The van der Waals surface area contributed by atoms with Gasteiger partial charge in [0, 0.05) is 35.2 Å². The molecule has 0 saturated heterocycles. The van der Waals surface area contributed by atoms with Crippen molar-refractivity contribution >= 4 is 11.0 Å². The van der Waals surface area contributed by atoms with Gasteiger partial charge in [0.25, 0.3) is 0 Å². The van der Waals surface area contributed by atoms with Crippen molar-refractivity contribution in [3.63, 3.8) is 0 Å². The molecule has 0 bridgehead atoms. The Bertz CT molecular complexity index is 3970. The zero-order valence-corrected chi connectivity index (χ0v) is 39.3. The van der Waals surface area contributed by atoms with Gasteiger partial charge < -0.3 is 4.74 Å². The first kappa shape index (κ1) is 29.6. The quantitative estimate of drug-likeness (QED) is 0.153. The molecule has 0 aliphatic heterocycles. The number of aryl methyl sites for hydroxylation is 2. The minimum Gasteiger partial charge on any atom is -0.496 e. The summed E-state index contributed by atoms with van der Waals surface area (Å²) in [5, 5.41) is 0. The lowest BCUT2D eigenvalue weighted by atomic mass is 9.84. The minimum atomic E-state index is -3.92. The van der Waals surface area contributed by atoms with Crippen LogP contribution in [0.15, 0.2) is 164 Å². The molecule has 0 atom stereocenters. The number of ether oxygens (including phenoxy) is 1. The van der Waals surface area contributed by atoms with Crippen LogP contribution in [-0.2, 0) is 16.2 Å². The molecule has 0 saturated carbocycles. The third kappa shape index (κ3) is 8.98. The largest absolute Gasteiger partial charge is 0.496 e. The number of methoxy groups -OCH3 is 1. The standard InChI is InChI=1S/C63H63N3O/c1-40-33-41(2)59(67-12)54(34-40)60-65-58-53(19-16-20-56(58)66(60)57-39-51(63(9,10)11)29-30-52(57)44-23-27-50(28-24-44)62(6,7)8)47-35-46(42-17-14-13-15-18-42)36-48(37-47)55-38-45(31-32-64-55)43-21-25-49(26-22-43)61(3,4)5/h13-39H,1-12H3/i3D3,4D3,5D3,21D,22D,25D,26D,31D,32D,38D. The maximum absolute atomic E-state index is 9.79. The van der Waals surface area contributed by atoms with Crippen molar-refractivity contribution in [3.05, 3.63) is 192 Å². The average molecular weight is 894 g/mol. The summed E-state index contributed by atoms with van der Waals surface area (Å²) >= 11 is 0. The Morgan fingerprint density at radius 2 is 1.22 bits per heavy atom. The van der Waals surface area contributed by atoms with Crippen molar-refractivity contribution in [3.8, 4) is 78.6 Å². The van der Waals surface area contributed by atoms with Crippen molar-refractivity contribution in [1.29, 1.82) is 0 Å². The molecule has 2 heterocycles. The summed E-state index contributed by atoms with van der Waals surface area (Å²) in [5.74, 6) is 1.24. The molecular weight excluding hydrogens is 815 g/mol. The van der Waals surface area contributed by atoms with E-state index < -0.39 is 85.1 Å².